The average molecular weight is 553 g/mol. The lowest BCUT2D eigenvalue weighted by atomic mass is 9.84. The predicted octanol–water partition coefficient (Wildman–Crippen LogP) is 4.29. The number of rotatable bonds is 2. The first-order chi connectivity index (χ1) is 19.2. The fraction of sp³-hybridized carbons (Fsp3) is 0.594. The Balaban J connectivity index is 0.000000168. The maximum absolute atomic E-state index is 12.5. The molecule has 0 N–H and O–H groups in total. The Morgan fingerprint density at radius 1 is 0.800 bits per heavy atom. The Bertz CT molecular complexity index is 1190. The normalized spacial score (nSPS) is 25.7. The molecule has 40 heavy (non-hydrogen) atoms. The van der Waals surface area contributed by atoms with Crippen LogP contribution in [0.5, 0.6) is 11.5 Å². The van der Waals surface area contributed by atoms with E-state index < -0.39 is 5.60 Å². The minimum Gasteiger partial charge on any atom is -0.496 e. The van der Waals surface area contributed by atoms with Crippen LogP contribution in [0, 0.1) is 0 Å². The van der Waals surface area contributed by atoms with Gasteiger partial charge in [-0.05, 0) is 69.5 Å². The van der Waals surface area contributed by atoms with E-state index >= 15 is 0 Å². The molecule has 0 unspecified atom stereocenters. The highest BCUT2D eigenvalue weighted by Gasteiger charge is 2.41. The third-order valence-corrected chi connectivity index (χ3v) is 8.46. The van der Waals surface area contributed by atoms with Gasteiger partial charge in [0.1, 0.15) is 17.1 Å². The summed E-state index contributed by atoms with van der Waals surface area (Å²) in [7, 11) is 5.64. The Morgan fingerprint density at radius 2 is 1.32 bits per heavy atom. The zero-order valence-corrected chi connectivity index (χ0v) is 24.8. The summed E-state index contributed by atoms with van der Waals surface area (Å²) in [4.78, 5) is 16.8. The van der Waals surface area contributed by atoms with Crippen LogP contribution in [0.2, 0.25) is 0 Å². The van der Waals surface area contributed by atoms with Gasteiger partial charge in [-0.15, -0.1) is 0 Å². The van der Waals surface area contributed by atoms with Gasteiger partial charge in [-0.25, -0.2) is 4.79 Å². The number of ether oxygens (including phenoxy) is 5. The molecule has 0 spiro atoms. The maximum atomic E-state index is 12.5. The van der Waals surface area contributed by atoms with E-state index in [-0.39, 0.29) is 18.2 Å². The summed E-state index contributed by atoms with van der Waals surface area (Å²) in [6.07, 6.45) is 3.68. The second-order valence-electron chi connectivity index (χ2n) is 12.1. The van der Waals surface area contributed by atoms with Crippen LogP contribution in [0.3, 0.4) is 0 Å². The molecular weight excluding hydrogens is 508 g/mol. The highest BCUT2D eigenvalue weighted by Crippen LogP contribution is 2.35. The molecule has 2 heterocycles. The van der Waals surface area contributed by atoms with Crippen molar-refractivity contribution in [2.24, 2.45) is 0 Å². The molecule has 2 aliphatic heterocycles. The van der Waals surface area contributed by atoms with Crippen LogP contribution >= 0.6 is 0 Å². The van der Waals surface area contributed by atoms with Gasteiger partial charge in [0, 0.05) is 37.5 Å². The van der Waals surface area contributed by atoms with Crippen LogP contribution in [-0.4, -0.2) is 93.4 Å². The van der Waals surface area contributed by atoms with Gasteiger partial charge in [0.05, 0.1) is 45.7 Å². The number of carbonyl (C=O) groups is 1. The second kappa shape index (κ2) is 12.0. The predicted molar refractivity (Wildman–Crippen MR) is 153 cm³/mol. The van der Waals surface area contributed by atoms with Crippen molar-refractivity contribution in [2.45, 2.75) is 76.3 Å². The number of morpholine rings is 2. The smallest absolute Gasteiger partial charge is 0.410 e. The van der Waals surface area contributed by atoms with Crippen molar-refractivity contribution in [1.82, 2.24) is 9.80 Å². The van der Waals surface area contributed by atoms with E-state index in [1.165, 1.54) is 22.3 Å². The lowest BCUT2D eigenvalue weighted by Gasteiger charge is -2.44. The number of carbonyl (C=O) groups excluding carboxylic acids is 1. The standard InChI is InChI=1S/C18H25NO4.C14H19NO2/c1-18(2,3)23-17(20)19-8-9-22-16-11-13-12(10-14(16)19)6-5-7-15(13)21-4;1-15-6-7-17-14-9-11-10(8-12(14)15)4-3-5-13(11)16-2/h5-7,14,16H,8-11H2,1-4H3;3-5,12,14H,6-9H2,1-2H3/t14-,16-;12-,14-/m00/s1. The first-order valence-corrected chi connectivity index (χ1v) is 14.4. The Morgan fingerprint density at radius 3 is 1.88 bits per heavy atom. The van der Waals surface area contributed by atoms with Crippen molar-refractivity contribution in [3.05, 3.63) is 58.7 Å². The van der Waals surface area contributed by atoms with Crippen molar-refractivity contribution < 1.29 is 28.5 Å². The van der Waals surface area contributed by atoms with Crippen molar-refractivity contribution in [2.75, 3.05) is 47.6 Å². The Kier molecular flexibility index (Phi) is 8.59. The number of benzene rings is 2. The van der Waals surface area contributed by atoms with Crippen molar-refractivity contribution in [1.29, 1.82) is 0 Å². The Labute approximate surface area is 238 Å². The average Bonchev–Trinajstić information content (AvgIpc) is 2.94. The van der Waals surface area contributed by atoms with Gasteiger partial charge in [0.2, 0.25) is 0 Å². The Hall–Kier alpha value is -2.81. The maximum Gasteiger partial charge on any atom is 0.410 e. The number of hydrogen-bond donors (Lipinski definition) is 0. The highest BCUT2D eigenvalue weighted by molar-refractivity contribution is 5.69. The quantitative estimate of drug-likeness (QED) is 0.551. The SMILES string of the molecule is COc1cccc2c1C[C@@H]1OCCN(C(=O)OC(C)(C)C)[C@H]1C2.COc1cccc2c1C[C@@H]1OCCN(C)[C@H]1C2. The first kappa shape index (κ1) is 28.7. The summed E-state index contributed by atoms with van der Waals surface area (Å²) in [5, 5.41) is 0. The molecule has 8 nitrogen and oxygen atoms in total. The molecule has 2 aliphatic carbocycles. The molecule has 2 aromatic carbocycles. The number of amides is 1. The van der Waals surface area contributed by atoms with E-state index in [1.807, 2.05) is 43.9 Å². The molecule has 6 rings (SSSR count). The van der Waals surface area contributed by atoms with E-state index in [0.717, 1.165) is 50.3 Å². The molecule has 2 saturated heterocycles. The molecule has 218 valence electrons. The van der Waals surface area contributed by atoms with Crippen molar-refractivity contribution in [3.8, 4) is 11.5 Å². The summed E-state index contributed by atoms with van der Waals surface area (Å²) >= 11 is 0. The van der Waals surface area contributed by atoms with Gasteiger partial charge in [-0.1, -0.05) is 24.3 Å². The number of likely N-dealkylation sites (N-methyl/N-ethyl adjacent to an activating group) is 1. The molecule has 0 radical (unpaired) electrons. The molecule has 4 atom stereocenters. The van der Waals surface area contributed by atoms with Crippen molar-refractivity contribution >= 4 is 6.09 Å². The molecule has 0 aromatic heterocycles. The van der Waals surface area contributed by atoms with E-state index in [2.05, 4.69) is 30.1 Å². The van der Waals surface area contributed by atoms with Gasteiger partial charge in [0.25, 0.3) is 0 Å². The number of methoxy groups -OCH3 is 2. The van der Waals surface area contributed by atoms with Crippen LogP contribution in [-0.2, 0) is 39.9 Å². The number of hydrogen-bond acceptors (Lipinski definition) is 7. The lowest BCUT2D eigenvalue weighted by Crippen LogP contribution is -2.57. The molecule has 4 aliphatic rings. The van der Waals surface area contributed by atoms with Crippen LogP contribution < -0.4 is 9.47 Å². The van der Waals surface area contributed by atoms with Crippen LogP contribution in [0.4, 0.5) is 4.79 Å². The molecule has 0 saturated carbocycles. The zero-order valence-electron chi connectivity index (χ0n) is 24.8. The zero-order chi connectivity index (χ0) is 28.4. The fourth-order valence-corrected chi connectivity index (χ4v) is 6.46. The summed E-state index contributed by atoms with van der Waals surface area (Å²) in [5.41, 5.74) is 4.70. The van der Waals surface area contributed by atoms with Gasteiger partial charge in [-0.3, -0.25) is 9.80 Å². The van der Waals surface area contributed by atoms with Gasteiger partial charge >= 0.3 is 6.09 Å². The molecule has 2 fully saturated rings. The third kappa shape index (κ3) is 6.09. The third-order valence-electron chi connectivity index (χ3n) is 8.46. The lowest BCUT2D eigenvalue weighted by molar-refractivity contribution is -0.0783. The van der Waals surface area contributed by atoms with E-state index in [1.54, 1.807) is 14.2 Å². The van der Waals surface area contributed by atoms with Gasteiger partial charge in [-0.2, -0.15) is 0 Å². The van der Waals surface area contributed by atoms with Gasteiger partial charge < -0.3 is 23.7 Å². The van der Waals surface area contributed by atoms with E-state index in [0.29, 0.717) is 25.3 Å². The minimum atomic E-state index is -0.485. The van der Waals surface area contributed by atoms with E-state index in [9.17, 15) is 4.79 Å². The second-order valence-corrected chi connectivity index (χ2v) is 12.1. The molecule has 0 bridgehead atoms. The largest absolute Gasteiger partial charge is 0.496 e. The highest BCUT2D eigenvalue weighted by atomic mass is 16.6. The van der Waals surface area contributed by atoms with Crippen LogP contribution in [0.25, 0.3) is 0 Å². The van der Waals surface area contributed by atoms with E-state index in [4.69, 9.17) is 23.7 Å². The summed E-state index contributed by atoms with van der Waals surface area (Å²) in [5.74, 6) is 1.91. The topological polar surface area (TPSA) is 69.7 Å². The summed E-state index contributed by atoms with van der Waals surface area (Å²) in [6.45, 7) is 8.69. The number of fused-ring (bicyclic) bond motifs is 4. The molecule has 1 amide bonds. The minimum absolute atomic E-state index is 0.0000633. The number of nitrogens with zero attached hydrogens (tertiary/aromatic N) is 2. The molecule has 2 aromatic rings. The van der Waals surface area contributed by atoms with Crippen LogP contribution in [0.1, 0.15) is 43.0 Å². The summed E-state index contributed by atoms with van der Waals surface area (Å²) in [6, 6.07) is 13.0. The monoisotopic (exact) mass is 552 g/mol. The van der Waals surface area contributed by atoms with Crippen LogP contribution in [0.15, 0.2) is 36.4 Å². The van der Waals surface area contributed by atoms with Gasteiger partial charge in [0.15, 0.2) is 0 Å². The van der Waals surface area contributed by atoms with Crippen molar-refractivity contribution in [3.63, 3.8) is 0 Å². The first-order valence-electron chi connectivity index (χ1n) is 14.4. The molecular formula is C32H44N2O6. The summed E-state index contributed by atoms with van der Waals surface area (Å²) < 4.78 is 28.3. The molecule has 8 heteroatoms. The fourth-order valence-electron chi connectivity index (χ4n) is 6.46.